The first-order valence-electron chi connectivity index (χ1n) is 7.69. The van der Waals surface area contributed by atoms with Gasteiger partial charge in [-0.2, -0.15) is 0 Å². The number of halogens is 1. The van der Waals surface area contributed by atoms with Crippen LogP contribution in [-0.2, 0) is 0 Å². The Labute approximate surface area is 149 Å². The first-order chi connectivity index (χ1) is 11.6. The quantitative estimate of drug-likeness (QED) is 0.667. The van der Waals surface area contributed by atoms with E-state index in [2.05, 4.69) is 15.1 Å². The van der Waals surface area contributed by atoms with Gasteiger partial charge in [-0.25, -0.2) is 4.39 Å². The van der Waals surface area contributed by atoms with Gasteiger partial charge in [0.15, 0.2) is 11.4 Å². The minimum absolute atomic E-state index is 0.240. The van der Waals surface area contributed by atoms with E-state index in [1.165, 1.54) is 17.4 Å². The number of carbonyl (C=O) groups is 1. The van der Waals surface area contributed by atoms with Gasteiger partial charge in [0.1, 0.15) is 5.82 Å². The topological polar surface area (TPSA) is 35.6 Å². The molecule has 0 radical (unpaired) electrons. The fourth-order valence-corrected chi connectivity index (χ4v) is 3.75. The summed E-state index contributed by atoms with van der Waals surface area (Å²) in [5.74, 6) is -0.240. The number of nitrogens with one attached hydrogen (secondary N) is 1. The lowest BCUT2D eigenvalue weighted by Crippen LogP contribution is -2.49. The predicted molar refractivity (Wildman–Crippen MR) is 101 cm³/mol. The molecule has 2 aromatic rings. The fraction of sp³-hybridized carbons (Fsp3) is 0.294. The van der Waals surface area contributed by atoms with Crippen molar-refractivity contribution in [3.05, 3.63) is 46.6 Å². The van der Waals surface area contributed by atoms with Gasteiger partial charge >= 0.3 is 0 Å². The second-order valence-corrected chi connectivity index (χ2v) is 7.14. The molecule has 0 spiro atoms. The maximum atomic E-state index is 13.6. The normalized spacial score (nSPS) is 14.6. The second kappa shape index (κ2) is 7.27. The van der Waals surface area contributed by atoms with E-state index in [0.29, 0.717) is 16.4 Å². The largest absolute Gasteiger partial charge is 0.360 e. The lowest BCUT2D eigenvalue weighted by atomic mass is 10.2. The lowest BCUT2D eigenvalue weighted by molar-refractivity contribution is 0.112. The molecule has 126 valence electrons. The van der Waals surface area contributed by atoms with Crippen LogP contribution in [0.1, 0.15) is 15.2 Å². The van der Waals surface area contributed by atoms with Crippen molar-refractivity contribution in [2.75, 3.05) is 36.4 Å². The van der Waals surface area contributed by atoms with Crippen LogP contribution in [0.3, 0.4) is 0 Å². The van der Waals surface area contributed by atoms with Crippen LogP contribution in [0.25, 0.3) is 0 Å². The van der Waals surface area contributed by atoms with Crippen molar-refractivity contribution in [3.8, 4) is 0 Å². The van der Waals surface area contributed by atoms with Crippen LogP contribution in [0.15, 0.2) is 30.3 Å². The molecule has 0 amide bonds. The third-order valence-electron chi connectivity index (χ3n) is 4.03. The zero-order valence-electron chi connectivity index (χ0n) is 13.3. The van der Waals surface area contributed by atoms with Crippen LogP contribution < -0.4 is 10.2 Å². The van der Waals surface area contributed by atoms with Crippen molar-refractivity contribution >= 4 is 45.6 Å². The first-order valence-corrected chi connectivity index (χ1v) is 8.91. The van der Waals surface area contributed by atoms with Crippen molar-refractivity contribution in [1.29, 1.82) is 0 Å². The monoisotopic (exact) mass is 363 g/mol. The molecule has 0 saturated carbocycles. The Kier molecular flexibility index (Phi) is 5.11. The van der Waals surface area contributed by atoms with E-state index in [0.717, 1.165) is 42.3 Å². The van der Waals surface area contributed by atoms with Crippen LogP contribution in [0.5, 0.6) is 0 Å². The van der Waals surface area contributed by atoms with E-state index in [9.17, 15) is 9.18 Å². The Balaban J connectivity index is 1.56. The molecule has 1 aliphatic rings. The predicted octanol–water partition coefficient (Wildman–Crippen LogP) is 3.53. The zero-order chi connectivity index (χ0) is 17.1. The molecule has 7 heteroatoms. The van der Waals surface area contributed by atoms with E-state index in [1.54, 1.807) is 13.0 Å². The highest BCUT2D eigenvalue weighted by Crippen LogP contribution is 2.26. The van der Waals surface area contributed by atoms with Gasteiger partial charge < -0.3 is 15.1 Å². The molecule has 0 unspecified atom stereocenters. The van der Waals surface area contributed by atoms with Crippen LogP contribution in [0.2, 0.25) is 0 Å². The van der Waals surface area contributed by atoms with Gasteiger partial charge in [-0.15, -0.1) is 11.3 Å². The number of anilines is 2. The third kappa shape index (κ3) is 3.73. The van der Waals surface area contributed by atoms with Gasteiger partial charge in [0.05, 0.1) is 9.88 Å². The minimum atomic E-state index is -0.240. The molecular weight excluding hydrogens is 345 g/mol. The Morgan fingerprint density at radius 1 is 1.25 bits per heavy atom. The molecule has 3 rings (SSSR count). The van der Waals surface area contributed by atoms with Crippen LogP contribution in [-0.4, -0.2) is 42.5 Å². The summed E-state index contributed by atoms with van der Waals surface area (Å²) in [7, 11) is 0. The molecular formula is C17H18FN3OS2. The van der Waals surface area contributed by atoms with Crippen LogP contribution >= 0.6 is 23.6 Å². The molecule has 1 N–H and O–H groups in total. The number of carbonyl (C=O) groups excluding carboxylic acids is 1. The number of nitrogens with zero attached hydrogens (tertiary/aromatic N) is 2. The first kappa shape index (κ1) is 16.9. The summed E-state index contributed by atoms with van der Waals surface area (Å²) in [5, 5.41) is 4.82. The number of aldehydes is 1. The highest BCUT2D eigenvalue weighted by atomic mass is 32.1. The summed E-state index contributed by atoms with van der Waals surface area (Å²) >= 11 is 6.94. The number of piperazine rings is 1. The summed E-state index contributed by atoms with van der Waals surface area (Å²) in [6, 6.07) is 8.85. The van der Waals surface area contributed by atoms with Gasteiger partial charge in [-0.1, -0.05) is 6.07 Å². The van der Waals surface area contributed by atoms with E-state index in [4.69, 9.17) is 12.2 Å². The summed E-state index contributed by atoms with van der Waals surface area (Å²) < 4.78 is 13.6. The lowest BCUT2D eigenvalue weighted by Gasteiger charge is -2.36. The Morgan fingerprint density at radius 3 is 2.62 bits per heavy atom. The zero-order valence-corrected chi connectivity index (χ0v) is 14.9. The average molecular weight is 363 g/mol. The maximum absolute atomic E-state index is 13.6. The fourth-order valence-electron chi connectivity index (χ4n) is 2.58. The summed E-state index contributed by atoms with van der Waals surface area (Å²) in [4.78, 5) is 15.9. The molecule has 24 heavy (non-hydrogen) atoms. The smallest absolute Gasteiger partial charge is 0.173 e. The van der Waals surface area contributed by atoms with Crippen LogP contribution in [0.4, 0.5) is 15.1 Å². The molecule has 1 saturated heterocycles. The number of aryl methyl sites for hydroxylation is 1. The molecule has 1 aromatic heterocycles. The number of rotatable bonds is 3. The molecule has 0 bridgehead atoms. The van der Waals surface area contributed by atoms with Gasteiger partial charge in [0, 0.05) is 31.9 Å². The molecule has 0 aliphatic carbocycles. The van der Waals surface area contributed by atoms with Gasteiger partial charge in [-0.05, 0) is 49.0 Å². The summed E-state index contributed by atoms with van der Waals surface area (Å²) in [5.41, 5.74) is 1.28. The number of thiophene rings is 1. The van der Waals surface area contributed by atoms with E-state index < -0.39 is 0 Å². The molecule has 1 aliphatic heterocycles. The molecule has 0 atom stereocenters. The highest BCUT2D eigenvalue weighted by Gasteiger charge is 2.20. The van der Waals surface area contributed by atoms with Gasteiger partial charge in [0.25, 0.3) is 0 Å². The van der Waals surface area contributed by atoms with Gasteiger partial charge in [-0.3, -0.25) is 4.79 Å². The van der Waals surface area contributed by atoms with E-state index >= 15 is 0 Å². The van der Waals surface area contributed by atoms with Crippen molar-refractivity contribution in [3.63, 3.8) is 0 Å². The molecule has 1 aromatic carbocycles. The Hall–Kier alpha value is -1.99. The maximum Gasteiger partial charge on any atom is 0.173 e. The number of hydrogen-bond acceptors (Lipinski definition) is 4. The molecule has 1 fully saturated rings. The highest BCUT2D eigenvalue weighted by molar-refractivity contribution is 7.80. The minimum Gasteiger partial charge on any atom is -0.360 e. The number of hydrogen-bond donors (Lipinski definition) is 1. The standard InChI is InChI=1S/C17H18FN3OS2/c1-12-2-3-13(10-15(12)18)19-17(23)21-8-6-20(7-9-21)16-5-4-14(11-22)24-16/h2-5,10-11H,6-9H2,1H3,(H,19,23). The summed E-state index contributed by atoms with van der Waals surface area (Å²) in [6.45, 7) is 4.98. The second-order valence-electron chi connectivity index (χ2n) is 5.66. The van der Waals surface area contributed by atoms with Crippen molar-refractivity contribution in [2.45, 2.75) is 6.92 Å². The Bertz CT molecular complexity index is 754. The van der Waals surface area contributed by atoms with Gasteiger partial charge in [0.2, 0.25) is 0 Å². The van der Waals surface area contributed by atoms with E-state index in [-0.39, 0.29) is 5.82 Å². The summed E-state index contributed by atoms with van der Waals surface area (Å²) in [6.07, 6.45) is 0.879. The molecule has 4 nitrogen and oxygen atoms in total. The Morgan fingerprint density at radius 2 is 2.00 bits per heavy atom. The average Bonchev–Trinajstić information content (AvgIpc) is 3.07. The van der Waals surface area contributed by atoms with Crippen molar-refractivity contribution < 1.29 is 9.18 Å². The molecule has 2 heterocycles. The SMILES string of the molecule is Cc1ccc(NC(=S)N2CCN(c3ccc(C=O)s3)CC2)cc1F. The van der Waals surface area contributed by atoms with Crippen LogP contribution in [0, 0.1) is 12.7 Å². The third-order valence-corrected chi connectivity index (χ3v) is 5.46. The number of thiocarbonyl (C=S) groups is 1. The van der Waals surface area contributed by atoms with E-state index in [1.807, 2.05) is 18.2 Å². The number of benzene rings is 1. The van der Waals surface area contributed by atoms with Crippen molar-refractivity contribution in [1.82, 2.24) is 4.90 Å². The van der Waals surface area contributed by atoms with Crippen molar-refractivity contribution in [2.24, 2.45) is 0 Å².